The molecule has 0 spiro atoms. The van der Waals surface area contributed by atoms with Crippen LogP contribution in [0.5, 0.6) is 0 Å². The number of anilines is 1. The SMILES string of the molecule is CCC(NC(=O)Nc1cccc(Cl)c1)C(=O)OC. The van der Waals surface area contributed by atoms with Gasteiger partial charge in [0.15, 0.2) is 0 Å². The van der Waals surface area contributed by atoms with Crippen LogP contribution in [0.15, 0.2) is 24.3 Å². The average Bonchev–Trinajstić information content (AvgIpc) is 2.35. The standard InChI is InChI=1S/C12H15ClN2O3/c1-3-10(11(16)18-2)15-12(17)14-9-6-4-5-8(13)7-9/h4-7,10H,3H2,1-2H3,(H2,14,15,17). The van der Waals surface area contributed by atoms with Crippen molar-refractivity contribution in [1.82, 2.24) is 5.32 Å². The normalized spacial score (nSPS) is 11.5. The smallest absolute Gasteiger partial charge is 0.328 e. The lowest BCUT2D eigenvalue weighted by molar-refractivity contribution is -0.142. The molecule has 1 aromatic rings. The van der Waals surface area contributed by atoms with Crippen LogP contribution in [-0.2, 0) is 9.53 Å². The predicted octanol–water partition coefficient (Wildman–Crippen LogP) is 2.41. The first-order valence-electron chi connectivity index (χ1n) is 5.47. The van der Waals surface area contributed by atoms with Gasteiger partial charge in [0.2, 0.25) is 0 Å². The monoisotopic (exact) mass is 270 g/mol. The van der Waals surface area contributed by atoms with Crippen molar-refractivity contribution in [2.45, 2.75) is 19.4 Å². The third kappa shape index (κ3) is 4.25. The highest BCUT2D eigenvalue weighted by Crippen LogP contribution is 2.14. The minimum absolute atomic E-state index is 0.454. The molecule has 0 saturated heterocycles. The molecule has 6 heteroatoms. The molecule has 98 valence electrons. The first kappa shape index (κ1) is 14.3. The van der Waals surface area contributed by atoms with Gasteiger partial charge < -0.3 is 15.4 Å². The second-order valence-electron chi connectivity index (χ2n) is 3.59. The molecular weight excluding hydrogens is 256 g/mol. The molecule has 1 aromatic carbocycles. The second kappa shape index (κ2) is 6.86. The first-order valence-corrected chi connectivity index (χ1v) is 5.85. The Morgan fingerprint density at radius 2 is 2.17 bits per heavy atom. The van der Waals surface area contributed by atoms with Crippen molar-refractivity contribution in [2.24, 2.45) is 0 Å². The minimum atomic E-state index is -0.658. The van der Waals surface area contributed by atoms with Crippen LogP contribution in [-0.4, -0.2) is 25.2 Å². The zero-order valence-electron chi connectivity index (χ0n) is 10.2. The van der Waals surface area contributed by atoms with Gasteiger partial charge in [-0.15, -0.1) is 0 Å². The number of hydrogen-bond donors (Lipinski definition) is 2. The van der Waals surface area contributed by atoms with Crippen molar-refractivity contribution in [3.05, 3.63) is 29.3 Å². The second-order valence-corrected chi connectivity index (χ2v) is 4.03. The summed E-state index contributed by atoms with van der Waals surface area (Å²) in [6, 6.07) is 5.59. The molecule has 0 bridgehead atoms. The van der Waals surface area contributed by atoms with Gasteiger partial charge in [-0.05, 0) is 24.6 Å². The molecule has 2 amide bonds. The van der Waals surface area contributed by atoms with Gasteiger partial charge in [0.25, 0.3) is 0 Å². The van der Waals surface area contributed by atoms with Gasteiger partial charge in [-0.25, -0.2) is 9.59 Å². The number of esters is 1. The third-order valence-electron chi connectivity index (χ3n) is 2.28. The van der Waals surface area contributed by atoms with E-state index in [0.717, 1.165) is 0 Å². The molecule has 0 aliphatic heterocycles. The number of rotatable bonds is 4. The molecule has 18 heavy (non-hydrogen) atoms. The summed E-state index contributed by atoms with van der Waals surface area (Å²) in [6.45, 7) is 1.78. The number of amides is 2. The number of carbonyl (C=O) groups is 2. The van der Waals surface area contributed by atoms with Gasteiger partial charge in [0.1, 0.15) is 6.04 Å². The van der Waals surface area contributed by atoms with Crippen LogP contribution in [0.2, 0.25) is 5.02 Å². The summed E-state index contributed by atoms with van der Waals surface area (Å²) in [5.41, 5.74) is 0.555. The van der Waals surface area contributed by atoms with Crippen LogP contribution in [0.25, 0.3) is 0 Å². The van der Waals surface area contributed by atoms with Crippen LogP contribution in [0.1, 0.15) is 13.3 Å². The Hall–Kier alpha value is -1.75. The molecule has 0 saturated carbocycles. The van der Waals surface area contributed by atoms with Gasteiger partial charge >= 0.3 is 12.0 Å². The summed E-state index contributed by atoms with van der Waals surface area (Å²) < 4.78 is 4.57. The number of nitrogens with one attached hydrogen (secondary N) is 2. The molecule has 0 heterocycles. The van der Waals surface area contributed by atoms with Gasteiger partial charge in [-0.2, -0.15) is 0 Å². The maximum absolute atomic E-state index is 11.6. The number of halogens is 1. The van der Waals surface area contributed by atoms with Crippen molar-refractivity contribution in [2.75, 3.05) is 12.4 Å². The van der Waals surface area contributed by atoms with Crippen LogP contribution < -0.4 is 10.6 Å². The molecule has 1 rings (SSSR count). The van der Waals surface area contributed by atoms with E-state index in [-0.39, 0.29) is 0 Å². The lowest BCUT2D eigenvalue weighted by Gasteiger charge is -2.15. The lowest BCUT2D eigenvalue weighted by Crippen LogP contribution is -2.43. The third-order valence-corrected chi connectivity index (χ3v) is 2.52. The van der Waals surface area contributed by atoms with Crippen molar-refractivity contribution < 1.29 is 14.3 Å². The van der Waals surface area contributed by atoms with Crippen molar-refractivity contribution in [3.63, 3.8) is 0 Å². The van der Waals surface area contributed by atoms with E-state index in [1.54, 1.807) is 31.2 Å². The fourth-order valence-corrected chi connectivity index (χ4v) is 1.55. The topological polar surface area (TPSA) is 67.4 Å². The highest BCUT2D eigenvalue weighted by Gasteiger charge is 2.19. The Labute approximate surface area is 110 Å². The first-order chi connectivity index (χ1) is 8.56. The van der Waals surface area contributed by atoms with E-state index >= 15 is 0 Å². The molecule has 2 N–H and O–H groups in total. The van der Waals surface area contributed by atoms with E-state index in [0.29, 0.717) is 17.1 Å². The Balaban J connectivity index is 2.58. The van der Waals surface area contributed by atoms with E-state index in [2.05, 4.69) is 15.4 Å². The van der Waals surface area contributed by atoms with Gasteiger partial charge in [0, 0.05) is 10.7 Å². The highest BCUT2D eigenvalue weighted by atomic mass is 35.5. The molecule has 5 nitrogen and oxygen atoms in total. The molecule has 1 unspecified atom stereocenters. The van der Waals surface area contributed by atoms with Crippen molar-refractivity contribution >= 4 is 29.3 Å². The summed E-state index contributed by atoms with van der Waals surface area (Å²) in [4.78, 5) is 22.9. The Morgan fingerprint density at radius 3 is 2.72 bits per heavy atom. The molecular formula is C12H15ClN2O3. The fraction of sp³-hybridized carbons (Fsp3) is 0.333. The van der Waals surface area contributed by atoms with E-state index < -0.39 is 18.0 Å². The summed E-state index contributed by atoms with van der Waals surface area (Å²) >= 11 is 5.79. The number of urea groups is 1. The number of methoxy groups -OCH3 is 1. The number of carbonyl (C=O) groups excluding carboxylic acids is 2. The summed E-state index contributed by atoms with van der Waals surface area (Å²) in [7, 11) is 1.28. The number of ether oxygens (including phenoxy) is 1. The summed E-state index contributed by atoms with van der Waals surface area (Å²) in [5, 5.41) is 5.62. The summed E-state index contributed by atoms with van der Waals surface area (Å²) in [5.74, 6) is -0.473. The Kier molecular flexibility index (Phi) is 5.45. The Morgan fingerprint density at radius 1 is 1.44 bits per heavy atom. The highest BCUT2D eigenvalue weighted by molar-refractivity contribution is 6.30. The lowest BCUT2D eigenvalue weighted by atomic mass is 10.2. The zero-order chi connectivity index (χ0) is 13.5. The molecule has 1 atom stereocenters. The van der Waals surface area contributed by atoms with Crippen LogP contribution in [0.3, 0.4) is 0 Å². The van der Waals surface area contributed by atoms with Crippen LogP contribution in [0, 0.1) is 0 Å². The van der Waals surface area contributed by atoms with E-state index in [4.69, 9.17) is 11.6 Å². The number of hydrogen-bond acceptors (Lipinski definition) is 3. The van der Waals surface area contributed by atoms with E-state index in [9.17, 15) is 9.59 Å². The maximum atomic E-state index is 11.6. The number of benzene rings is 1. The average molecular weight is 271 g/mol. The molecule has 0 aliphatic rings. The quantitative estimate of drug-likeness (QED) is 0.826. The van der Waals surface area contributed by atoms with Crippen molar-refractivity contribution in [1.29, 1.82) is 0 Å². The van der Waals surface area contributed by atoms with E-state index in [1.165, 1.54) is 7.11 Å². The van der Waals surface area contributed by atoms with E-state index in [1.807, 2.05) is 0 Å². The minimum Gasteiger partial charge on any atom is -0.467 e. The van der Waals surface area contributed by atoms with Crippen LogP contribution in [0.4, 0.5) is 10.5 Å². The largest absolute Gasteiger partial charge is 0.467 e. The van der Waals surface area contributed by atoms with Gasteiger partial charge in [-0.1, -0.05) is 24.6 Å². The fourth-order valence-electron chi connectivity index (χ4n) is 1.36. The van der Waals surface area contributed by atoms with Crippen LogP contribution >= 0.6 is 11.6 Å². The maximum Gasteiger partial charge on any atom is 0.328 e. The molecule has 0 radical (unpaired) electrons. The van der Waals surface area contributed by atoms with Crippen molar-refractivity contribution in [3.8, 4) is 0 Å². The summed E-state index contributed by atoms with van der Waals surface area (Å²) in [6.07, 6.45) is 0.454. The van der Waals surface area contributed by atoms with Gasteiger partial charge in [0.05, 0.1) is 7.11 Å². The molecule has 0 aliphatic carbocycles. The van der Waals surface area contributed by atoms with Gasteiger partial charge in [-0.3, -0.25) is 0 Å². The molecule has 0 fully saturated rings. The molecule has 0 aromatic heterocycles. The predicted molar refractivity (Wildman–Crippen MR) is 69.7 cm³/mol. The zero-order valence-corrected chi connectivity index (χ0v) is 11.0. The Bertz CT molecular complexity index is 437.